The summed E-state index contributed by atoms with van der Waals surface area (Å²) in [6, 6.07) is 11.0. The van der Waals surface area contributed by atoms with Crippen LogP contribution in [0.1, 0.15) is 12.5 Å². The first-order chi connectivity index (χ1) is 12.4. The third kappa shape index (κ3) is 5.07. The Morgan fingerprint density at radius 3 is 2.62 bits per heavy atom. The molecule has 2 aromatic carbocycles. The summed E-state index contributed by atoms with van der Waals surface area (Å²) < 4.78 is 23.8. The number of carbonyl (C=O) groups is 2. The van der Waals surface area contributed by atoms with Crippen molar-refractivity contribution in [2.75, 3.05) is 12.4 Å². The van der Waals surface area contributed by atoms with Gasteiger partial charge in [-0.1, -0.05) is 29.8 Å². The van der Waals surface area contributed by atoms with Gasteiger partial charge in [-0.3, -0.25) is 4.79 Å². The molecule has 0 aliphatic rings. The maximum Gasteiger partial charge on any atom is 0.331 e. The van der Waals surface area contributed by atoms with Crippen molar-refractivity contribution in [1.82, 2.24) is 0 Å². The number of para-hydroxylation sites is 2. The standard InChI is InChI=1S/C19H17ClFNO4/c1-12(19(24)22-16-8-3-4-9-17(16)25-2)26-18(23)11-10-13-14(20)6-5-7-15(13)21/h3-12H,1-2H3,(H,22,24)/b11-10+/t12-/m1/s1. The van der Waals surface area contributed by atoms with Crippen molar-refractivity contribution in [3.63, 3.8) is 0 Å². The molecule has 26 heavy (non-hydrogen) atoms. The van der Waals surface area contributed by atoms with Crippen molar-refractivity contribution in [2.24, 2.45) is 0 Å². The van der Waals surface area contributed by atoms with E-state index in [1.54, 1.807) is 24.3 Å². The molecule has 0 radical (unpaired) electrons. The summed E-state index contributed by atoms with van der Waals surface area (Å²) in [4.78, 5) is 24.0. The fraction of sp³-hybridized carbons (Fsp3) is 0.158. The number of anilines is 1. The molecule has 1 amide bonds. The lowest BCUT2D eigenvalue weighted by Crippen LogP contribution is -2.29. The molecule has 0 saturated heterocycles. The van der Waals surface area contributed by atoms with Crippen LogP contribution < -0.4 is 10.1 Å². The van der Waals surface area contributed by atoms with E-state index >= 15 is 0 Å². The first-order valence-electron chi connectivity index (χ1n) is 7.69. The van der Waals surface area contributed by atoms with Crippen LogP contribution in [0.15, 0.2) is 48.5 Å². The van der Waals surface area contributed by atoms with Crippen LogP contribution in [0.5, 0.6) is 5.75 Å². The van der Waals surface area contributed by atoms with E-state index in [-0.39, 0.29) is 10.6 Å². The summed E-state index contributed by atoms with van der Waals surface area (Å²) in [6.45, 7) is 1.42. The van der Waals surface area contributed by atoms with Crippen LogP contribution in [0.2, 0.25) is 5.02 Å². The van der Waals surface area contributed by atoms with Crippen LogP contribution in [0, 0.1) is 5.82 Å². The van der Waals surface area contributed by atoms with Crippen molar-refractivity contribution in [3.05, 3.63) is 64.9 Å². The molecule has 7 heteroatoms. The Kier molecular flexibility index (Phi) is 6.74. The van der Waals surface area contributed by atoms with E-state index in [0.29, 0.717) is 11.4 Å². The maximum absolute atomic E-state index is 13.6. The highest BCUT2D eigenvalue weighted by Gasteiger charge is 2.18. The fourth-order valence-electron chi connectivity index (χ4n) is 2.07. The Morgan fingerprint density at radius 2 is 1.92 bits per heavy atom. The zero-order valence-electron chi connectivity index (χ0n) is 14.2. The lowest BCUT2D eigenvalue weighted by molar-refractivity contribution is -0.148. The molecule has 0 aromatic heterocycles. The topological polar surface area (TPSA) is 64.6 Å². The Labute approximate surface area is 155 Å². The molecular weight excluding hydrogens is 361 g/mol. The third-order valence-electron chi connectivity index (χ3n) is 3.41. The van der Waals surface area contributed by atoms with Crippen LogP contribution in [-0.4, -0.2) is 25.1 Å². The first-order valence-corrected chi connectivity index (χ1v) is 8.06. The summed E-state index contributed by atoms with van der Waals surface area (Å²) in [6.07, 6.45) is 1.15. The predicted octanol–water partition coefficient (Wildman–Crippen LogP) is 4.07. The van der Waals surface area contributed by atoms with E-state index in [1.807, 2.05) is 0 Å². The van der Waals surface area contributed by atoms with E-state index in [1.165, 1.54) is 38.3 Å². The molecule has 0 bridgehead atoms. The van der Waals surface area contributed by atoms with E-state index in [2.05, 4.69) is 5.32 Å². The lowest BCUT2D eigenvalue weighted by Gasteiger charge is -2.14. The van der Waals surface area contributed by atoms with Crippen LogP contribution in [-0.2, 0) is 14.3 Å². The molecule has 136 valence electrons. The van der Waals surface area contributed by atoms with Gasteiger partial charge in [0.2, 0.25) is 0 Å². The maximum atomic E-state index is 13.6. The smallest absolute Gasteiger partial charge is 0.331 e. The summed E-state index contributed by atoms with van der Waals surface area (Å²) in [7, 11) is 1.48. The first kappa shape index (κ1) is 19.5. The predicted molar refractivity (Wildman–Crippen MR) is 97.6 cm³/mol. The Hall–Kier alpha value is -2.86. The van der Waals surface area contributed by atoms with Crippen LogP contribution >= 0.6 is 11.6 Å². The molecule has 0 spiro atoms. The fourth-order valence-corrected chi connectivity index (χ4v) is 2.30. The van der Waals surface area contributed by atoms with Crippen molar-refractivity contribution in [2.45, 2.75) is 13.0 Å². The number of ether oxygens (including phenoxy) is 2. The van der Waals surface area contributed by atoms with Gasteiger partial charge in [0.25, 0.3) is 5.91 Å². The number of amides is 1. The number of halogens is 2. The van der Waals surface area contributed by atoms with E-state index in [4.69, 9.17) is 21.1 Å². The molecule has 1 N–H and O–H groups in total. The van der Waals surface area contributed by atoms with Crippen molar-refractivity contribution < 1.29 is 23.5 Å². The Morgan fingerprint density at radius 1 is 1.19 bits per heavy atom. The van der Waals surface area contributed by atoms with Crippen LogP contribution in [0.25, 0.3) is 6.08 Å². The molecule has 0 aliphatic heterocycles. The largest absolute Gasteiger partial charge is 0.495 e. The van der Waals surface area contributed by atoms with Gasteiger partial charge in [0, 0.05) is 11.6 Å². The monoisotopic (exact) mass is 377 g/mol. The minimum Gasteiger partial charge on any atom is -0.495 e. The van der Waals surface area contributed by atoms with Crippen molar-refractivity contribution in [1.29, 1.82) is 0 Å². The van der Waals surface area contributed by atoms with E-state index in [0.717, 1.165) is 6.08 Å². The molecule has 5 nitrogen and oxygen atoms in total. The van der Waals surface area contributed by atoms with Gasteiger partial charge in [-0.05, 0) is 37.3 Å². The minimum atomic E-state index is -1.06. The molecule has 0 aliphatic carbocycles. The average Bonchev–Trinajstić information content (AvgIpc) is 2.61. The number of methoxy groups -OCH3 is 1. The molecule has 0 fully saturated rings. The quantitative estimate of drug-likeness (QED) is 0.608. The van der Waals surface area contributed by atoms with Crippen molar-refractivity contribution >= 4 is 35.2 Å². The molecule has 1 atom stereocenters. The second-order valence-electron chi connectivity index (χ2n) is 5.24. The molecular formula is C19H17ClFNO4. The van der Waals surface area contributed by atoms with Gasteiger partial charge in [-0.25, -0.2) is 9.18 Å². The number of esters is 1. The second-order valence-corrected chi connectivity index (χ2v) is 5.64. The van der Waals surface area contributed by atoms with Gasteiger partial charge in [0.1, 0.15) is 11.6 Å². The third-order valence-corrected chi connectivity index (χ3v) is 3.74. The SMILES string of the molecule is COc1ccccc1NC(=O)[C@@H](C)OC(=O)/C=C/c1c(F)cccc1Cl. The van der Waals surface area contributed by atoms with Gasteiger partial charge in [0.15, 0.2) is 6.10 Å². The summed E-state index contributed by atoms with van der Waals surface area (Å²) in [5.74, 6) is -1.41. The minimum absolute atomic E-state index is 0.0669. The number of benzene rings is 2. The van der Waals surface area contributed by atoms with Gasteiger partial charge in [0.05, 0.1) is 17.8 Å². The summed E-state index contributed by atoms with van der Waals surface area (Å²) in [5, 5.41) is 2.78. The van der Waals surface area contributed by atoms with E-state index in [9.17, 15) is 14.0 Å². The highest BCUT2D eigenvalue weighted by atomic mass is 35.5. The summed E-state index contributed by atoms with van der Waals surface area (Å²) in [5.41, 5.74) is 0.522. The molecule has 0 heterocycles. The number of carbonyl (C=O) groups excluding carboxylic acids is 2. The van der Waals surface area contributed by atoms with Gasteiger partial charge < -0.3 is 14.8 Å². The summed E-state index contributed by atoms with van der Waals surface area (Å²) >= 11 is 5.87. The second kappa shape index (κ2) is 9.01. The number of rotatable bonds is 6. The number of hydrogen-bond acceptors (Lipinski definition) is 4. The lowest BCUT2D eigenvalue weighted by atomic mass is 10.2. The number of hydrogen-bond donors (Lipinski definition) is 1. The van der Waals surface area contributed by atoms with Crippen molar-refractivity contribution in [3.8, 4) is 5.75 Å². The highest BCUT2D eigenvalue weighted by molar-refractivity contribution is 6.32. The van der Waals surface area contributed by atoms with E-state index < -0.39 is 23.8 Å². The molecule has 0 unspecified atom stereocenters. The normalized spacial score (nSPS) is 11.8. The highest BCUT2D eigenvalue weighted by Crippen LogP contribution is 2.23. The molecule has 2 rings (SSSR count). The Balaban J connectivity index is 1.98. The number of nitrogens with one attached hydrogen (secondary N) is 1. The zero-order valence-corrected chi connectivity index (χ0v) is 14.9. The molecule has 0 saturated carbocycles. The van der Waals surface area contributed by atoms with Crippen LogP contribution in [0.3, 0.4) is 0 Å². The van der Waals surface area contributed by atoms with Crippen LogP contribution in [0.4, 0.5) is 10.1 Å². The van der Waals surface area contributed by atoms with Gasteiger partial charge in [-0.2, -0.15) is 0 Å². The molecule has 2 aromatic rings. The Bertz CT molecular complexity index is 818. The average molecular weight is 378 g/mol. The zero-order chi connectivity index (χ0) is 19.1. The van der Waals surface area contributed by atoms with Gasteiger partial charge >= 0.3 is 5.97 Å². The van der Waals surface area contributed by atoms with Gasteiger partial charge in [-0.15, -0.1) is 0 Å².